The molecule has 1 fully saturated rings. The molecule has 0 aliphatic heterocycles. The Hall–Kier alpha value is 0.190. The van der Waals surface area contributed by atoms with E-state index in [0.717, 1.165) is 25.7 Å². The summed E-state index contributed by atoms with van der Waals surface area (Å²) in [6.45, 7) is 2.20. The summed E-state index contributed by atoms with van der Waals surface area (Å²) in [4.78, 5) is 0.110. The molecule has 1 aliphatic rings. The molecule has 1 aliphatic carbocycles. The zero-order valence-electron chi connectivity index (χ0n) is 11.7. The first-order valence-electron chi connectivity index (χ1n) is 6.82. The molecule has 0 radical (unpaired) electrons. The predicted octanol–water partition coefficient (Wildman–Crippen LogP) is 4.62. The second kappa shape index (κ2) is 6.75. The second-order valence-electron chi connectivity index (χ2n) is 5.81. The van der Waals surface area contributed by atoms with Crippen molar-refractivity contribution < 1.29 is 8.42 Å². The van der Waals surface area contributed by atoms with Gasteiger partial charge in [-0.25, -0.2) is 13.1 Å². The highest BCUT2D eigenvalue weighted by molar-refractivity contribution is 9.09. The van der Waals surface area contributed by atoms with Crippen LogP contribution in [0.2, 0.25) is 10.0 Å². The van der Waals surface area contributed by atoms with Gasteiger partial charge in [-0.3, -0.25) is 0 Å². The van der Waals surface area contributed by atoms with Crippen molar-refractivity contribution in [2.75, 3.05) is 5.33 Å². The number of hydrogen-bond donors (Lipinski definition) is 1. The summed E-state index contributed by atoms with van der Waals surface area (Å²) >= 11 is 15.3. The lowest BCUT2D eigenvalue weighted by molar-refractivity contribution is 0.250. The lowest BCUT2D eigenvalue weighted by Crippen LogP contribution is -2.51. The van der Waals surface area contributed by atoms with Crippen molar-refractivity contribution in [1.29, 1.82) is 0 Å². The van der Waals surface area contributed by atoms with E-state index in [0.29, 0.717) is 21.3 Å². The molecule has 1 aromatic rings. The fraction of sp³-hybridized carbons (Fsp3) is 0.571. The van der Waals surface area contributed by atoms with Crippen molar-refractivity contribution in [3.63, 3.8) is 0 Å². The van der Waals surface area contributed by atoms with E-state index in [1.54, 1.807) is 0 Å². The van der Waals surface area contributed by atoms with Crippen LogP contribution in [0.4, 0.5) is 0 Å². The molecule has 0 saturated heterocycles. The Morgan fingerprint density at radius 1 is 1.24 bits per heavy atom. The fourth-order valence-corrected chi connectivity index (χ4v) is 5.68. The van der Waals surface area contributed by atoms with Crippen LogP contribution >= 0.6 is 39.1 Å². The van der Waals surface area contributed by atoms with Gasteiger partial charge in [-0.2, -0.15) is 0 Å². The monoisotopic (exact) mass is 413 g/mol. The summed E-state index contributed by atoms with van der Waals surface area (Å²) in [7, 11) is -3.64. The average Bonchev–Trinajstić information content (AvgIpc) is 2.40. The van der Waals surface area contributed by atoms with E-state index in [-0.39, 0.29) is 4.90 Å². The molecule has 0 heterocycles. The van der Waals surface area contributed by atoms with Crippen molar-refractivity contribution in [2.24, 2.45) is 5.92 Å². The SMILES string of the molecule is CC1CCC(CBr)(NS(=O)(=O)c2cc(Cl)cc(Cl)c2)CC1. The Labute approximate surface area is 144 Å². The van der Waals surface area contributed by atoms with E-state index in [4.69, 9.17) is 23.2 Å². The summed E-state index contributed by atoms with van der Waals surface area (Å²) in [6.07, 6.45) is 3.69. The third-order valence-electron chi connectivity index (χ3n) is 3.98. The van der Waals surface area contributed by atoms with Crippen LogP contribution in [0.1, 0.15) is 32.6 Å². The summed E-state index contributed by atoms with van der Waals surface area (Å²) in [5.74, 6) is 0.641. The van der Waals surface area contributed by atoms with Gasteiger partial charge in [0.1, 0.15) is 0 Å². The van der Waals surface area contributed by atoms with Crippen LogP contribution < -0.4 is 4.72 Å². The van der Waals surface area contributed by atoms with Crippen LogP contribution in [0.5, 0.6) is 0 Å². The third-order valence-corrected chi connectivity index (χ3v) is 7.05. The number of sulfonamides is 1. The molecule has 0 aromatic heterocycles. The molecular weight excluding hydrogens is 397 g/mol. The van der Waals surface area contributed by atoms with Crippen LogP contribution in [0.25, 0.3) is 0 Å². The zero-order valence-corrected chi connectivity index (χ0v) is 15.6. The highest BCUT2D eigenvalue weighted by Gasteiger charge is 2.37. The molecule has 0 amide bonds. The largest absolute Gasteiger partial charge is 0.241 e. The molecule has 1 N–H and O–H groups in total. The number of benzene rings is 1. The van der Waals surface area contributed by atoms with Crippen molar-refractivity contribution in [3.05, 3.63) is 28.2 Å². The summed E-state index contributed by atoms with van der Waals surface area (Å²) in [6, 6.07) is 4.36. The van der Waals surface area contributed by atoms with E-state index >= 15 is 0 Å². The minimum atomic E-state index is -3.64. The summed E-state index contributed by atoms with van der Waals surface area (Å²) in [5, 5.41) is 1.22. The summed E-state index contributed by atoms with van der Waals surface area (Å²) < 4.78 is 28.1. The maximum absolute atomic E-state index is 12.6. The molecule has 118 valence electrons. The Bertz CT molecular complexity index is 593. The first-order valence-corrected chi connectivity index (χ1v) is 10.2. The van der Waals surface area contributed by atoms with E-state index < -0.39 is 15.6 Å². The van der Waals surface area contributed by atoms with Gasteiger partial charge >= 0.3 is 0 Å². The van der Waals surface area contributed by atoms with Gasteiger partial charge in [0.2, 0.25) is 10.0 Å². The Balaban J connectivity index is 2.27. The second-order valence-corrected chi connectivity index (χ2v) is 8.92. The molecule has 7 heteroatoms. The Morgan fingerprint density at radius 2 is 1.76 bits per heavy atom. The third kappa shape index (κ3) is 4.35. The molecule has 0 atom stereocenters. The van der Waals surface area contributed by atoms with Gasteiger partial charge in [0.15, 0.2) is 0 Å². The maximum Gasteiger partial charge on any atom is 0.241 e. The van der Waals surface area contributed by atoms with Crippen molar-refractivity contribution in [3.8, 4) is 0 Å². The molecule has 21 heavy (non-hydrogen) atoms. The van der Waals surface area contributed by atoms with Gasteiger partial charge in [0, 0.05) is 20.9 Å². The van der Waals surface area contributed by atoms with Gasteiger partial charge in [0.25, 0.3) is 0 Å². The first-order chi connectivity index (χ1) is 9.76. The average molecular weight is 415 g/mol. The number of rotatable bonds is 4. The quantitative estimate of drug-likeness (QED) is 0.730. The molecule has 0 unspecified atom stereocenters. The van der Waals surface area contributed by atoms with E-state index in [2.05, 4.69) is 27.6 Å². The minimum Gasteiger partial charge on any atom is -0.207 e. The predicted molar refractivity (Wildman–Crippen MR) is 90.9 cm³/mol. The Morgan fingerprint density at radius 3 is 2.24 bits per heavy atom. The number of halogens is 3. The zero-order chi connectivity index (χ0) is 15.7. The molecule has 0 spiro atoms. The van der Waals surface area contributed by atoms with Gasteiger partial charge in [-0.1, -0.05) is 46.1 Å². The van der Waals surface area contributed by atoms with E-state index in [9.17, 15) is 8.42 Å². The molecule has 2 rings (SSSR count). The normalized spacial score (nSPS) is 26.8. The number of alkyl halides is 1. The Kier molecular flexibility index (Phi) is 5.64. The topological polar surface area (TPSA) is 46.2 Å². The van der Waals surface area contributed by atoms with Crippen LogP contribution in [0, 0.1) is 5.92 Å². The lowest BCUT2D eigenvalue weighted by Gasteiger charge is -2.38. The number of hydrogen-bond acceptors (Lipinski definition) is 2. The van der Waals surface area contributed by atoms with Gasteiger partial charge in [0.05, 0.1) is 4.90 Å². The van der Waals surface area contributed by atoms with Crippen LogP contribution in [0.3, 0.4) is 0 Å². The highest BCUT2D eigenvalue weighted by atomic mass is 79.9. The smallest absolute Gasteiger partial charge is 0.207 e. The van der Waals surface area contributed by atoms with Crippen LogP contribution in [-0.4, -0.2) is 19.3 Å². The fourth-order valence-electron chi connectivity index (χ4n) is 2.61. The first kappa shape index (κ1) is 17.5. The summed E-state index contributed by atoms with van der Waals surface area (Å²) in [5.41, 5.74) is -0.430. The van der Waals surface area contributed by atoms with Gasteiger partial charge in [-0.15, -0.1) is 0 Å². The molecule has 1 aromatic carbocycles. The standard InChI is InChI=1S/C14H18BrCl2NO2S/c1-10-2-4-14(9-15,5-3-10)18-21(19,20)13-7-11(16)6-12(17)8-13/h6-8,10,18H,2-5,9H2,1H3. The lowest BCUT2D eigenvalue weighted by atomic mass is 9.79. The van der Waals surface area contributed by atoms with Crippen molar-refractivity contribution >= 4 is 49.2 Å². The van der Waals surface area contributed by atoms with Crippen LogP contribution in [-0.2, 0) is 10.0 Å². The molecule has 0 bridgehead atoms. The molecule has 3 nitrogen and oxygen atoms in total. The maximum atomic E-state index is 12.6. The van der Waals surface area contributed by atoms with Gasteiger partial charge in [-0.05, 0) is 49.8 Å². The van der Waals surface area contributed by atoms with E-state index in [1.165, 1.54) is 18.2 Å². The highest BCUT2D eigenvalue weighted by Crippen LogP contribution is 2.35. The van der Waals surface area contributed by atoms with E-state index in [1.807, 2.05) is 0 Å². The number of nitrogens with one attached hydrogen (secondary N) is 1. The van der Waals surface area contributed by atoms with Crippen molar-refractivity contribution in [1.82, 2.24) is 4.72 Å². The van der Waals surface area contributed by atoms with Gasteiger partial charge < -0.3 is 0 Å². The van der Waals surface area contributed by atoms with Crippen molar-refractivity contribution in [2.45, 2.75) is 43.0 Å². The minimum absolute atomic E-state index is 0.110. The molecular formula is C14H18BrCl2NO2S. The van der Waals surface area contributed by atoms with Crippen LogP contribution in [0.15, 0.2) is 23.1 Å². The molecule has 1 saturated carbocycles.